The van der Waals surface area contributed by atoms with Crippen molar-refractivity contribution in [3.8, 4) is 0 Å². The van der Waals surface area contributed by atoms with E-state index in [-0.39, 0.29) is 13.0 Å². The molecule has 100 valence electrons. The van der Waals surface area contributed by atoms with Crippen LogP contribution < -0.4 is 0 Å². The number of nitro groups is 1. The molecular weight excluding hydrogens is 234 g/mol. The number of rotatable bonds is 8. The van der Waals surface area contributed by atoms with Gasteiger partial charge in [-0.05, 0) is 24.8 Å². The van der Waals surface area contributed by atoms with Crippen molar-refractivity contribution >= 4 is 0 Å². The molecule has 1 rings (SSSR count). The maximum atomic E-state index is 10.6. The Morgan fingerprint density at radius 3 is 2.56 bits per heavy atom. The van der Waals surface area contributed by atoms with Crippen LogP contribution in [-0.4, -0.2) is 22.5 Å². The van der Waals surface area contributed by atoms with E-state index >= 15 is 0 Å². The summed E-state index contributed by atoms with van der Waals surface area (Å²) in [6.07, 6.45) is 2.42. The zero-order chi connectivity index (χ0) is 13.4. The van der Waals surface area contributed by atoms with Gasteiger partial charge in [-0.3, -0.25) is 14.9 Å². The third-order valence-electron chi connectivity index (χ3n) is 2.78. The first-order valence-electron chi connectivity index (χ1n) is 6.13. The number of hydrogen-bond donors (Lipinski definition) is 1. The van der Waals surface area contributed by atoms with Gasteiger partial charge >= 0.3 is 5.91 Å². The molecule has 1 aromatic rings. The van der Waals surface area contributed by atoms with Crippen molar-refractivity contribution in [2.75, 3.05) is 6.61 Å². The van der Waals surface area contributed by atoms with Gasteiger partial charge in [0.25, 0.3) is 0 Å². The number of benzene rings is 1. The fourth-order valence-electron chi connectivity index (χ4n) is 1.60. The molecule has 1 atom stereocenters. The van der Waals surface area contributed by atoms with Gasteiger partial charge in [0.15, 0.2) is 0 Å². The SMILES string of the molecule is CCC(O)(OCCCCc1ccccc1)[N+](=O)[O-]. The van der Waals surface area contributed by atoms with Gasteiger partial charge in [-0.1, -0.05) is 37.3 Å². The van der Waals surface area contributed by atoms with E-state index in [1.807, 2.05) is 30.3 Å². The second-order valence-corrected chi connectivity index (χ2v) is 4.14. The first-order valence-corrected chi connectivity index (χ1v) is 6.13. The molecule has 0 aromatic heterocycles. The van der Waals surface area contributed by atoms with E-state index in [0.717, 1.165) is 12.8 Å². The number of aryl methyl sites for hydroxylation is 1. The summed E-state index contributed by atoms with van der Waals surface area (Å²) in [5.41, 5.74) is 1.23. The van der Waals surface area contributed by atoms with Crippen LogP contribution in [0.2, 0.25) is 0 Å². The quantitative estimate of drug-likeness (QED) is 0.334. The van der Waals surface area contributed by atoms with Crippen LogP contribution in [0.5, 0.6) is 0 Å². The van der Waals surface area contributed by atoms with Crippen molar-refractivity contribution in [1.29, 1.82) is 0 Å². The lowest BCUT2D eigenvalue weighted by Crippen LogP contribution is -2.40. The highest BCUT2D eigenvalue weighted by molar-refractivity contribution is 5.14. The summed E-state index contributed by atoms with van der Waals surface area (Å²) in [7, 11) is 0. The second kappa shape index (κ2) is 7.08. The molecule has 0 aliphatic carbocycles. The summed E-state index contributed by atoms with van der Waals surface area (Å²) in [4.78, 5) is 9.78. The average molecular weight is 253 g/mol. The smallest absolute Gasteiger partial charge is 0.306 e. The predicted molar refractivity (Wildman–Crippen MR) is 67.6 cm³/mol. The molecule has 0 spiro atoms. The summed E-state index contributed by atoms with van der Waals surface area (Å²) in [5, 5.41) is 20.1. The Morgan fingerprint density at radius 2 is 2.00 bits per heavy atom. The van der Waals surface area contributed by atoms with Gasteiger partial charge in [0.1, 0.15) is 0 Å². The Hall–Kier alpha value is -1.46. The zero-order valence-corrected chi connectivity index (χ0v) is 10.5. The normalized spacial score (nSPS) is 14.1. The molecule has 0 heterocycles. The molecule has 0 aliphatic heterocycles. The Bertz CT molecular complexity index is 369. The van der Waals surface area contributed by atoms with E-state index in [2.05, 4.69) is 0 Å². The van der Waals surface area contributed by atoms with Crippen molar-refractivity contribution in [2.45, 2.75) is 38.5 Å². The molecule has 18 heavy (non-hydrogen) atoms. The van der Waals surface area contributed by atoms with Crippen LogP contribution in [0.3, 0.4) is 0 Å². The Kier molecular flexibility index (Phi) is 5.74. The lowest BCUT2D eigenvalue weighted by Gasteiger charge is -2.17. The standard InChI is InChI=1S/C13H19NO4/c1-2-13(15,14(16)17)18-11-7-6-10-12-8-4-3-5-9-12/h3-5,8-9,15H,2,6-7,10-11H2,1H3. The first kappa shape index (κ1) is 14.6. The molecule has 0 bridgehead atoms. The van der Waals surface area contributed by atoms with Crippen molar-refractivity contribution in [3.63, 3.8) is 0 Å². The molecular formula is C13H19NO4. The molecule has 0 fully saturated rings. The van der Waals surface area contributed by atoms with Gasteiger partial charge in [0.05, 0.1) is 18.0 Å². The predicted octanol–water partition coefficient (Wildman–Crippen LogP) is 2.36. The van der Waals surface area contributed by atoms with Crippen LogP contribution in [0.1, 0.15) is 31.7 Å². The van der Waals surface area contributed by atoms with E-state index in [1.54, 1.807) is 0 Å². The van der Waals surface area contributed by atoms with E-state index in [1.165, 1.54) is 12.5 Å². The van der Waals surface area contributed by atoms with Crippen LogP contribution >= 0.6 is 0 Å². The van der Waals surface area contributed by atoms with Crippen LogP contribution in [0.4, 0.5) is 0 Å². The summed E-state index contributed by atoms with van der Waals surface area (Å²) in [6.45, 7) is 1.71. The molecule has 0 aliphatic rings. The number of nitrogens with zero attached hydrogens (tertiary/aromatic N) is 1. The maximum absolute atomic E-state index is 10.6. The van der Waals surface area contributed by atoms with Gasteiger partial charge in [0.2, 0.25) is 0 Å². The van der Waals surface area contributed by atoms with Gasteiger partial charge < -0.3 is 5.11 Å². The third kappa shape index (κ3) is 4.43. The molecule has 0 saturated carbocycles. The molecule has 1 N–H and O–H groups in total. The van der Waals surface area contributed by atoms with Crippen molar-refractivity contribution in [1.82, 2.24) is 0 Å². The minimum absolute atomic E-state index is 0.0569. The second-order valence-electron chi connectivity index (χ2n) is 4.14. The van der Waals surface area contributed by atoms with Gasteiger partial charge in [-0.2, -0.15) is 0 Å². The summed E-state index contributed by atoms with van der Waals surface area (Å²) < 4.78 is 4.93. The molecule has 1 unspecified atom stereocenters. The fourth-order valence-corrected chi connectivity index (χ4v) is 1.60. The van der Waals surface area contributed by atoms with Crippen LogP contribution in [0.15, 0.2) is 30.3 Å². The molecule has 5 nitrogen and oxygen atoms in total. The Morgan fingerprint density at radius 1 is 1.33 bits per heavy atom. The highest BCUT2D eigenvalue weighted by Crippen LogP contribution is 2.13. The molecule has 0 radical (unpaired) electrons. The lowest BCUT2D eigenvalue weighted by molar-refractivity contribution is -0.688. The number of hydrogen-bond acceptors (Lipinski definition) is 4. The van der Waals surface area contributed by atoms with Crippen molar-refractivity contribution in [2.24, 2.45) is 0 Å². The van der Waals surface area contributed by atoms with E-state index < -0.39 is 10.8 Å². The summed E-state index contributed by atoms with van der Waals surface area (Å²) in [5.74, 6) is -2.23. The third-order valence-corrected chi connectivity index (χ3v) is 2.78. The molecule has 0 amide bonds. The van der Waals surface area contributed by atoms with Gasteiger partial charge in [-0.25, -0.2) is 0 Å². The Labute approximate surface area is 107 Å². The monoisotopic (exact) mass is 253 g/mol. The van der Waals surface area contributed by atoms with E-state index in [4.69, 9.17) is 4.74 Å². The fraction of sp³-hybridized carbons (Fsp3) is 0.538. The largest absolute Gasteiger partial charge is 0.439 e. The highest BCUT2D eigenvalue weighted by Gasteiger charge is 2.39. The Balaban J connectivity index is 2.21. The number of aliphatic hydroxyl groups is 1. The topological polar surface area (TPSA) is 72.6 Å². The van der Waals surface area contributed by atoms with Crippen molar-refractivity contribution < 1.29 is 14.8 Å². The summed E-state index contributed by atoms with van der Waals surface area (Å²) in [6, 6.07) is 10.0. The zero-order valence-electron chi connectivity index (χ0n) is 10.5. The van der Waals surface area contributed by atoms with Crippen LogP contribution in [0, 0.1) is 10.1 Å². The summed E-state index contributed by atoms with van der Waals surface area (Å²) >= 11 is 0. The van der Waals surface area contributed by atoms with Crippen LogP contribution in [0.25, 0.3) is 0 Å². The minimum Gasteiger partial charge on any atom is -0.306 e. The number of unbranched alkanes of at least 4 members (excludes halogenated alkanes) is 1. The first-order chi connectivity index (χ1) is 8.58. The average Bonchev–Trinajstić information content (AvgIpc) is 2.39. The molecule has 0 saturated heterocycles. The molecule has 1 aromatic carbocycles. The van der Waals surface area contributed by atoms with E-state index in [0.29, 0.717) is 6.42 Å². The van der Waals surface area contributed by atoms with Crippen LogP contribution in [-0.2, 0) is 11.2 Å². The van der Waals surface area contributed by atoms with Crippen molar-refractivity contribution in [3.05, 3.63) is 46.0 Å². The minimum atomic E-state index is -2.23. The van der Waals surface area contributed by atoms with Gasteiger partial charge in [0, 0.05) is 0 Å². The lowest BCUT2D eigenvalue weighted by atomic mass is 10.1. The molecule has 5 heteroatoms. The number of ether oxygens (including phenoxy) is 1. The van der Waals surface area contributed by atoms with E-state index in [9.17, 15) is 15.2 Å². The highest BCUT2D eigenvalue weighted by atomic mass is 16.8. The van der Waals surface area contributed by atoms with Gasteiger partial charge in [-0.15, -0.1) is 0 Å². The maximum Gasteiger partial charge on any atom is 0.439 e.